The molecule has 2 atom stereocenters. The third-order valence-corrected chi connectivity index (χ3v) is 5.74. The van der Waals surface area contributed by atoms with E-state index in [0.717, 1.165) is 12.0 Å². The Morgan fingerprint density at radius 2 is 1.30 bits per heavy atom. The lowest BCUT2D eigenvalue weighted by Gasteiger charge is -2.37. The molecule has 0 radical (unpaired) electrons. The van der Waals surface area contributed by atoms with Crippen LogP contribution in [0.3, 0.4) is 0 Å². The van der Waals surface area contributed by atoms with Crippen molar-refractivity contribution >= 4 is 0 Å². The first-order valence-corrected chi connectivity index (χ1v) is 11.0. The van der Waals surface area contributed by atoms with Crippen molar-refractivity contribution in [2.45, 2.75) is 123 Å². The van der Waals surface area contributed by atoms with Gasteiger partial charge in [-0.3, -0.25) is 0 Å². The van der Waals surface area contributed by atoms with Gasteiger partial charge in [0, 0.05) is 12.6 Å². The highest BCUT2D eigenvalue weighted by atomic mass is 15.2. The minimum Gasteiger partial charge on any atom is -0.300 e. The van der Waals surface area contributed by atoms with Crippen molar-refractivity contribution in [3.8, 4) is 0 Å². The van der Waals surface area contributed by atoms with Crippen LogP contribution in [0, 0.1) is 5.92 Å². The first kappa shape index (κ1) is 21.0. The van der Waals surface area contributed by atoms with Crippen molar-refractivity contribution in [2.75, 3.05) is 13.1 Å². The van der Waals surface area contributed by atoms with E-state index in [2.05, 4.69) is 25.7 Å². The molecule has 0 saturated carbocycles. The molecule has 0 aliphatic carbocycles. The van der Waals surface area contributed by atoms with E-state index in [0.29, 0.717) is 0 Å². The quantitative estimate of drug-likeness (QED) is 0.305. The molecule has 23 heavy (non-hydrogen) atoms. The standard InChI is InChI=1S/C22H45N/c1-4-6-8-10-12-14-18-22(17-13-11-9-7-5-2)23-19-15-16-21(3)20-23/h21-22H,4-20H2,1-3H3. The maximum Gasteiger partial charge on any atom is 0.00953 e. The average molecular weight is 324 g/mol. The number of hydrogen-bond donors (Lipinski definition) is 0. The Morgan fingerprint density at radius 3 is 1.83 bits per heavy atom. The molecule has 1 heteroatoms. The summed E-state index contributed by atoms with van der Waals surface area (Å²) < 4.78 is 0. The normalized spacial score (nSPS) is 20.7. The molecule has 0 amide bonds. The smallest absolute Gasteiger partial charge is 0.00953 e. The highest BCUT2D eigenvalue weighted by Gasteiger charge is 2.23. The molecule has 1 aliphatic heterocycles. The van der Waals surface area contributed by atoms with Crippen LogP contribution in [0.15, 0.2) is 0 Å². The molecule has 0 spiro atoms. The van der Waals surface area contributed by atoms with Crippen LogP contribution in [0.5, 0.6) is 0 Å². The Bertz CT molecular complexity index is 250. The number of piperidine rings is 1. The van der Waals surface area contributed by atoms with Crippen molar-refractivity contribution < 1.29 is 0 Å². The van der Waals surface area contributed by atoms with Crippen LogP contribution in [0.25, 0.3) is 0 Å². The van der Waals surface area contributed by atoms with Gasteiger partial charge >= 0.3 is 0 Å². The number of rotatable bonds is 14. The fourth-order valence-electron chi connectivity index (χ4n) is 4.21. The summed E-state index contributed by atoms with van der Waals surface area (Å²) in [5, 5.41) is 0. The summed E-state index contributed by atoms with van der Waals surface area (Å²) >= 11 is 0. The second kappa shape index (κ2) is 14.3. The Labute approximate surface area is 147 Å². The lowest BCUT2D eigenvalue weighted by atomic mass is 9.94. The summed E-state index contributed by atoms with van der Waals surface area (Å²) in [4.78, 5) is 2.86. The molecule has 1 rings (SSSR count). The van der Waals surface area contributed by atoms with E-state index < -0.39 is 0 Å². The number of nitrogens with zero attached hydrogens (tertiary/aromatic N) is 1. The third kappa shape index (κ3) is 10.4. The molecule has 0 aromatic heterocycles. The fraction of sp³-hybridized carbons (Fsp3) is 1.00. The van der Waals surface area contributed by atoms with Crippen LogP contribution in [0.1, 0.15) is 117 Å². The minimum atomic E-state index is 0.894. The highest BCUT2D eigenvalue weighted by Crippen LogP contribution is 2.24. The van der Waals surface area contributed by atoms with E-state index in [1.807, 2.05) is 0 Å². The zero-order valence-corrected chi connectivity index (χ0v) is 16.6. The predicted octanol–water partition coefficient (Wildman–Crippen LogP) is 7.20. The van der Waals surface area contributed by atoms with Gasteiger partial charge in [-0.15, -0.1) is 0 Å². The second-order valence-corrected chi connectivity index (χ2v) is 8.16. The van der Waals surface area contributed by atoms with Crippen molar-refractivity contribution in [3.05, 3.63) is 0 Å². The summed E-state index contributed by atoms with van der Waals surface area (Å²) in [6, 6.07) is 0.894. The molecule has 0 aromatic rings. The van der Waals surface area contributed by atoms with Gasteiger partial charge in [0.15, 0.2) is 0 Å². The summed E-state index contributed by atoms with van der Waals surface area (Å²) in [7, 11) is 0. The summed E-state index contributed by atoms with van der Waals surface area (Å²) in [6.07, 6.45) is 21.7. The monoisotopic (exact) mass is 323 g/mol. The number of likely N-dealkylation sites (tertiary alicyclic amines) is 1. The molecule has 1 fully saturated rings. The first-order chi connectivity index (χ1) is 11.3. The van der Waals surface area contributed by atoms with Crippen LogP contribution in [-0.4, -0.2) is 24.0 Å². The molecule has 0 N–H and O–H groups in total. The number of unbranched alkanes of at least 4 members (excludes halogenated alkanes) is 9. The molecule has 2 unspecified atom stereocenters. The van der Waals surface area contributed by atoms with Gasteiger partial charge in [0.25, 0.3) is 0 Å². The zero-order valence-electron chi connectivity index (χ0n) is 16.6. The Hall–Kier alpha value is -0.0400. The van der Waals surface area contributed by atoms with Crippen molar-refractivity contribution in [1.82, 2.24) is 4.90 Å². The molecule has 0 bridgehead atoms. The predicted molar refractivity (Wildman–Crippen MR) is 105 cm³/mol. The van der Waals surface area contributed by atoms with Crippen molar-refractivity contribution in [2.24, 2.45) is 5.92 Å². The average Bonchev–Trinajstić information content (AvgIpc) is 2.56. The molecular formula is C22H45N. The van der Waals surface area contributed by atoms with E-state index in [1.54, 1.807) is 0 Å². The van der Waals surface area contributed by atoms with Gasteiger partial charge in [-0.2, -0.15) is 0 Å². The number of hydrogen-bond acceptors (Lipinski definition) is 1. The Balaban J connectivity index is 2.26. The van der Waals surface area contributed by atoms with Crippen LogP contribution in [0.4, 0.5) is 0 Å². The van der Waals surface area contributed by atoms with E-state index in [-0.39, 0.29) is 0 Å². The van der Waals surface area contributed by atoms with Crippen LogP contribution in [-0.2, 0) is 0 Å². The highest BCUT2D eigenvalue weighted by molar-refractivity contribution is 4.78. The van der Waals surface area contributed by atoms with E-state index in [4.69, 9.17) is 0 Å². The summed E-state index contributed by atoms with van der Waals surface area (Å²) in [5.41, 5.74) is 0. The molecule has 1 nitrogen and oxygen atoms in total. The van der Waals surface area contributed by atoms with Crippen LogP contribution in [0.2, 0.25) is 0 Å². The molecule has 138 valence electrons. The van der Waals surface area contributed by atoms with E-state index in [9.17, 15) is 0 Å². The molecule has 1 saturated heterocycles. The molecule has 0 aromatic carbocycles. The first-order valence-electron chi connectivity index (χ1n) is 11.0. The van der Waals surface area contributed by atoms with E-state index >= 15 is 0 Å². The Kier molecular flexibility index (Phi) is 13.1. The Morgan fingerprint density at radius 1 is 0.783 bits per heavy atom. The van der Waals surface area contributed by atoms with Gasteiger partial charge in [-0.25, -0.2) is 0 Å². The van der Waals surface area contributed by atoms with Crippen molar-refractivity contribution in [3.63, 3.8) is 0 Å². The topological polar surface area (TPSA) is 3.24 Å². The van der Waals surface area contributed by atoms with Crippen molar-refractivity contribution in [1.29, 1.82) is 0 Å². The maximum absolute atomic E-state index is 2.86. The second-order valence-electron chi connectivity index (χ2n) is 8.16. The molecule has 1 heterocycles. The van der Waals surface area contributed by atoms with Crippen LogP contribution >= 0.6 is 0 Å². The van der Waals surface area contributed by atoms with Gasteiger partial charge in [0.05, 0.1) is 0 Å². The largest absolute Gasteiger partial charge is 0.300 e. The summed E-state index contributed by atoms with van der Waals surface area (Å²) in [6.45, 7) is 9.83. The van der Waals surface area contributed by atoms with Gasteiger partial charge in [-0.1, -0.05) is 91.4 Å². The van der Waals surface area contributed by atoms with E-state index in [1.165, 1.54) is 109 Å². The summed E-state index contributed by atoms with van der Waals surface area (Å²) in [5.74, 6) is 0.927. The zero-order chi connectivity index (χ0) is 16.8. The van der Waals surface area contributed by atoms with Gasteiger partial charge in [0.2, 0.25) is 0 Å². The lowest BCUT2D eigenvalue weighted by molar-refractivity contribution is 0.113. The molecular weight excluding hydrogens is 278 g/mol. The third-order valence-electron chi connectivity index (χ3n) is 5.74. The maximum atomic E-state index is 2.86. The SMILES string of the molecule is CCCCCCCCC(CCCCCCC)N1CCCC(C)C1. The van der Waals surface area contributed by atoms with Gasteiger partial charge in [-0.05, 0) is 38.1 Å². The van der Waals surface area contributed by atoms with Crippen LogP contribution < -0.4 is 0 Å². The molecule has 1 aliphatic rings. The minimum absolute atomic E-state index is 0.894. The van der Waals surface area contributed by atoms with Gasteiger partial charge in [0.1, 0.15) is 0 Å². The lowest BCUT2D eigenvalue weighted by Crippen LogP contribution is -2.42. The van der Waals surface area contributed by atoms with Gasteiger partial charge < -0.3 is 4.90 Å². The fourth-order valence-corrected chi connectivity index (χ4v) is 4.21.